The summed E-state index contributed by atoms with van der Waals surface area (Å²) in [5.41, 5.74) is -0.129. The Labute approximate surface area is 219 Å². The van der Waals surface area contributed by atoms with E-state index in [0.717, 1.165) is 22.3 Å². The molecule has 0 aliphatic rings. The third kappa shape index (κ3) is 13.5. The van der Waals surface area contributed by atoms with E-state index < -0.39 is 29.8 Å². The van der Waals surface area contributed by atoms with Crippen LogP contribution in [0.5, 0.6) is 0 Å². The molecule has 11 heteroatoms. The van der Waals surface area contributed by atoms with Crippen molar-refractivity contribution in [2.45, 2.75) is 45.1 Å². The molecule has 198 valence electrons. The number of hydrogen-bond donors (Lipinski definition) is 4. The summed E-state index contributed by atoms with van der Waals surface area (Å²) in [7, 11) is 1.49. The van der Waals surface area contributed by atoms with Gasteiger partial charge < -0.3 is 20.6 Å². The van der Waals surface area contributed by atoms with Crippen LogP contribution in [-0.4, -0.2) is 49.2 Å². The Morgan fingerprint density at radius 3 is 2.50 bits per heavy atom. The molecule has 0 bridgehead atoms. The molecule has 2 rings (SSSR count). The van der Waals surface area contributed by atoms with E-state index in [1.165, 1.54) is 13.3 Å². The maximum Gasteiger partial charge on any atom is 0.412 e. The lowest BCUT2D eigenvalue weighted by Gasteiger charge is -2.24. The number of thiol groups is 1. The predicted octanol–water partition coefficient (Wildman–Crippen LogP) is 4.89. The number of nitrogens with one attached hydrogen (secondary N) is 2. The Morgan fingerprint density at radius 1 is 1.25 bits per heavy atom. The summed E-state index contributed by atoms with van der Waals surface area (Å²) >= 11 is 5.57. The zero-order valence-corrected chi connectivity index (χ0v) is 22.0. The lowest BCUT2D eigenvalue weighted by molar-refractivity contribution is -0.119. The first-order valence-electron chi connectivity index (χ1n) is 11.0. The zero-order valence-electron chi connectivity index (χ0n) is 20.3. The highest BCUT2D eigenvalue weighted by atomic mass is 32.1. The molecule has 0 aliphatic carbocycles. The molecule has 0 saturated heterocycles. The van der Waals surface area contributed by atoms with E-state index in [1.54, 1.807) is 11.3 Å². The standard InChI is InChI=1S/C20H23F3N2O2S.C5H9NOS/c1-14(20(21,22)23)10-19(27)25-17(11-15-6-3-2-4-7-15)18(26)13-24-12-16-8-5-9-28-16;1-3-5(8)4-6-7-2/h2-10,17-18,24,26H,11-13H2,1H3,(H,25,27);3-4,8H,1-2H3/b14-10+;5-3-,6-4-. The molecule has 1 heterocycles. The Hall–Kier alpha value is -2.60. The molecule has 0 saturated carbocycles. The summed E-state index contributed by atoms with van der Waals surface area (Å²) in [5, 5.41) is 21.6. The fourth-order valence-electron chi connectivity index (χ4n) is 2.73. The van der Waals surface area contributed by atoms with E-state index in [2.05, 4.69) is 33.3 Å². The summed E-state index contributed by atoms with van der Waals surface area (Å²) in [5.74, 6) is -0.881. The van der Waals surface area contributed by atoms with Crippen LogP contribution in [0, 0.1) is 0 Å². The third-order valence-electron chi connectivity index (χ3n) is 4.70. The van der Waals surface area contributed by atoms with Crippen molar-refractivity contribution in [3.8, 4) is 0 Å². The molecule has 2 aromatic rings. The first-order chi connectivity index (χ1) is 17.1. The van der Waals surface area contributed by atoms with Gasteiger partial charge in [0, 0.05) is 34.5 Å². The highest BCUT2D eigenvalue weighted by Crippen LogP contribution is 2.24. The van der Waals surface area contributed by atoms with Crippen LogP contribution in [0.4, 0.5) is 13.2 Å². The van der Waals surface area contributed by atoms with E-state index in [1.807, 2.05) is 60.8 Å². The average molecular weight is 544 g/mol. The third-order valence-corrected chi connectivity index (χ3v) is 5.95. The molecular formula is C25H32F3N3O3S2. The Balaban J connectivity index is 0.000000697. The largest absolute Gasteiger partial charge is 0.412 e. The molecular weight excluding hydrogens is 511 g/mol. The van der Waals surface area contributed by atoms with Crippen LogP contribution in [0.1, 0.15) is 24.3 Å². The van der Waals surface area contributed by atoms with Crippen molar-refractivity contribution in [1.29, 1.82) is 0 Å². The van der Waals surface area contributed by atoms with Gasteiger partial charge in [0.1, 0.15) is 7.11 Å². The van der Waals surface area contributed by atoms with Crippen molar-refractivity contribution in [3.05, 3.63) is 80.9 Å². The SMILES string of the molecule is C/C(=C\C(=O)NC(Cc1ccccc1)C(O)CNCc1cccs1)C(F)(F)F.C/C=C(S)/C=N\OC. The maximum atomic E-state index is 12.6. The summed E-state index contributed by atoms with van der Waals surface area (Å²) in [6, 6.07) is 12.3. The van der Waals surface area contributed by atoms with Gasteiger partial charge in [-0.05, 0) is 37.3 Å². The highest BCUT2D eigenvalue weighted by molar-refractivity contribution is 7.85. The van der Waals surface area contributed by atoms with Gasteiger partial charge in [-0.25, -0.2) is 0 Å². The van der Waals surface area contributed by atoms with E-state index in [9.17, 15) is 23.1 Å². The fourth-order valence-corrected chi connectivity index (χ4v) is 3.46. The van der Waals surface area contributed by atoms with Crippen molar-refractivity contribution in [1.82, 2.24) is 10.6 Å². The monoisotopic (exact) mass is 543 g/mol. The molecule has 2 atom stereocenters. The van der Waals surface area contributed by atoms with Crippen molar-refractivity contribution < 1.29 is 27.9 Å². The predicted molar refractivity (Wildman–Crippen MR) is 142 cm³/mol. The number of hydrogen-bond acceptors (Lipinski definition) is 7. The first kappa shape index (κ1) is 31.4. The van der Waals surface area contributed by atoms with Crippen molar-refractivity contribution in [2.75, 3.05) is 13.7 Å². The Kier molecular flexibility index (Phi) is 14.8. The minimum atomic E-state index is -4.56. The van der Waals surface area contributed by atoms with Gasteiger partial charge in [0.2, 0.25) is 5.91 Å². The smallest absolute Gasteiger partial charge is 0.399 e. The lowest BCUT2D eigenvalue weighted by atomic mass is 10.0. The van der Waals surface area contributed by atoms with E-state index in [0.29, 0.717) is 19.0 Å². The van der Waals surface area contributed by atoms with Crippen LogP contribution < -0.4 is 10.6 Å². The number of rotatable bonds is 11. The number of oxime groups is 1. The number of benzene rings is 1. The van der Waals surface area contributed by atoms with Gasteiger partial charge >= 0.3 is 6.18 Å². The highest BCUT2D eigenvalue weighted by Gasteiger charge is 2.31. The number of thiophene rings is 1. The molecule has 1 amide bonds. The number of allylic oxidation sites excluding steroid dienone is 3. The zero-order chi connectivity index (χ0) is 27.0. The van der Waals surface area contributed by atoms with Crippen molar-refractivity contribution >= 4 is 36.1 Å². The second-order valence-corrected chi connectivity index (χ2v) is 9.09. The second-order valence-electron chi connectivity index (χ2n) is 7.54. The number of nitrogens with zero attached hydrogens (tertiary/aromatic N) is 1. The van der Waals surface area contributed by atoms with Gasteiger partial charge in [-0.2, -0.15) is 13.2 Å². The van der Waals surface area contributed by atoms with E-state index in [4.69, 9.17) is 0 Å². The van der Waals surface area contributed by atoms with Crippen LogP contribution in [-0.2, 0) is 22.6 Å². The van der Waals surface area contributed by atoms with Crippen LogP contribution in [0.2, 0.25) is 0 Å². The van der Waals surface area contributed by atoms with Gasteiger partial charge in [-0.3, -0.25) is 4.79 Å². The maximum absolute atomic E-state index is 12.6. The van der Waals surface area contributed by atoms with Crippen LogP contribution in [0.15, 0.2) is 75.6 Å². The number of amides is 1. The van der Waals surface area contributed by atoms with Crippen molar-refractivity contribution in [2.24, 2.45) is 5.16 Å². The van der Waals surface area contributed by atoms with Crippen molar-refractivity contribution in [3.63, 3.8) is 0 Å². The minimum absolute atomic E-state index is 0.192. The second kappa shape index (κ2) is 17.0. The molecule has 0 radical (unpaired) electrons. The minimum Gasteiger partial charge on any atom is -0.399 e. The molecule has 36 heavy (non-hydrogen) atoms. The van der Waals surface area contributed by atoms with E-state index >= 15 is 0 Å². The van der Waals surface area contributed by atoms with Crippen LogP contribution in [0.25, 0.3) is 0 Å². The quantitative estimate of drug-likeness (QED) is 0.141. The van der Waals surface area contributed by atoms with Crippen LogP contribution >= 0.6 is 24.0 Å². The lowest BCUT2D eigenvalue weighted by Crippen LogP contribution is -2.48. The fraction of sp³-hybridized carbons (Fsp3) is 0.360. The van der Waals surface area contributed by atoms with Gasteiger partial charge in [-0.1, -0.05) is 47.6 Å². The first-order valence-corrected chi connectivity index (χ1v) is 12.3. The van der Waals surface area contributed by atoms with Gasteiger partial charge in [0.25, 0.3) is 0 Å². The number of halogens is 3. The molecule has 1 aromatic heterocycles. The number of aliphatic hydroxyl groups is 1. The summed E-state index contributed by atoms with van der Waals surface area (Å²) < 4.78 is 37.9. The normalized spacial score (nSPS) is 14.1. The molecule has 0 spiro atoms. The number of aliphatic hydroxyl groups excluding tert-OH is 1. The topological polar surface area (TPSA) is 83.0 Å². The van der Waals surface area contributed by atoms with Gasteiger partial charge in [0.05, 0.1) is 18.4 Å². The molecule has 2 unspecified atom stereocenters. The molecule has 3 N–H and O–H groups in total. The van der Waals surface area contributed by atoms with Gasteiger partial charge in [0.15, 0.2) is 0 Å². The Bertz CT molecular complexity index is 979. The Morgan fingerprint density at radius 2 is 1.94 bits per heavy atom. The summed E-state index contributed by atoms with van der Waals surface area (Å²) in [6.07, 6.45) is -1.36. The molecule has 0 fully saturated rings. The van der Waals surface area contributed by atoms with E-state index in [-0.39, 0.29) is 6.54 Å². The van der Waals surface area contributed by atoms with Crippen LogP contribution in [0.3, 0.4) is 0 Å². The average Bonchev–Trinajstić information content (AvgIpc) is 3.36. The summed E-state index contributed by atoms with van der Waals surface area (Å²) in [6.45, 7) is 3.47. The number of carbonyl (C=O) groups is 1. The molecule has 6 nitrogen and oxygen atoms in total. The number of carbonyl (C=O) groups excluding carboxylic acids is 1. The molecule has 0 aliphatic heterocycles. The summed E-state index contributed by atoms with van der Waals surface area (Å²) in [4.78, 5) is 18.3. The number of alkyl halides is 3. The molecule has 1 aromatic carbocycles. The van der Waals surface area contributed by atoms with Gasteiger partial charge in [-0.15, -0.1) is 24.0 Å².